The second-order valence-electron chi connectivity index (χ2n) is 3.60. The van der Waals surface area contributed by atoms with Gasteiger partial charge < -0.3 is 4.74 Å². The van der Waals surface area contributed by atoms with Gasteiger partial charge in [0.2, 0.25) is 0 Å². The maximum absolute atomic E-state index is 5.31. The van der Waals surface area contributed by atoms with Crippen LogP contribution in [-0.2, 0) is 4.74 Å². The summed E-state index contributed by atoms with van der Waals surface area (Å²) in [7, 11) is 0. The van der Waals surface area contributed by atoms with Crippen LogP contribution in [0.1, 0.15) is 45.9 Å². The Morgan fingerprint density at radius 2 is 1.80 bits per heavy atom. The third-order valence-corrected chi connectivity index (χ3v) is 2.30. The zero-order chi connectivity index (χ0) is 15.5. The minimum atomic E-state index is 0.568. The Balaban J connectivity index is 0.000000829. The second-order valence-corrected chi connectivity index (χ2v) is 3.60. The van der Waals surface area contributed by atoms with Crippen LogP contribution in [0.2, 0.25) is 0 Å². The van der Waals surface area contributed by atoms with E-state index < -0.39 is 0 Å². The van der Waals surface area contributed by atoms with Crippen LogP contribution < -0.4 is 0 Å². The molecule has 0 spiro atoms. The van der Waals surface area contributed by atoms with Crippen molar-refractivity contribution in [2.45, 2.75) is 41.5 Å². The fraction of sp³-hybridized carbons (Fsp3) is 0.412. The van der Waals surface area contributed by atoms with Crippen molar-refractivity contribution < 1.29 is 4.74 Å². The van der Waals surface area contributed by atoms with E-state index in [-0.39, 0.29) is 0 Å². The van der Waals surface area contributed by atoms with Crippen molar-refractivity contribution >= 4 is 16.8 Å². The molecule has 0 bridgehead atoms. The molecule has 0 aliphatic rings. The van der Waals surface area contributed by atoms with Crippen molar-refractivity contribution in [3.8, 4) is 0 Å². The molecule has 1 aromatic carbocycles. The minimum Gasteiger partial charge on any atom is -0.492 e. The zero-order valence-corrected chi connectivity index (χ0v) is 13.5. The van der Waals surface area contributed by atoms with E-state index in [0.717, 1.165) is 11.0 Å². The highest BCUT2D eigenvalue weighted by Crippen LogP contribution is 2.16. The van der Waals surface area contributed by atoms with Crippen LogP contribution in [-0.4, -0.2) is 16.6 Å². The first kappa shape index (κ1) is 18.1. The number of hydrogen-bond donors (Lipinski definition) is 0. The van der Waals surface area contributed by atoms with E-state index in [9.17, 15) is 0 Å². The lowest BCUT2D eigenvalue weighted by Gasteiger charge is -2.06. The van der Waals surface area contributed by atoms with Crippen molar-refractivity contribution in [1.29, 1.82) is 0 Å². The SMILES string of the molecule is C=C(OCC)c1cnc2ccc(C)cc2n1.CC.CC. The summed E-state index contributed by atoms with van der Waals surface area (Å²) < 4.78 is 5.31. The smallest absolute Gasteiger partial charge is 0.139 e. The molecule has 0 aliphatic heterocycles. The predicted octanol–water partition coefficient (Wildman–Crippen LogP) is 5.00. The number of ether oxygens (including phenoxy) is 1. The van der Waals surface area contributed by atoms with Gasteiger partial charge in [0, 0.05) is 0 Å². The molecule has 1 heterocycles. The number of rotatable bonds is 3. The highest BCUT2D eigenvalue weighted by molar-refractivity contribution is 5.76. The molecule has 0 amide bonds. The first-order valence-corrected chi connectivity index (χ1v) is 7.26. The Hall–Kier alpha value is -1.90. The van der Waals surface area contributed by atoms with Gasteiger partial charge in [-0.05, 0) is 31.5 Å². The van der Waals surface area contributed by atoms with E-state index in [0.29, 0.717) is 18.1 Å². The van der Waals surface area contributed by atoms with Gasteiger partial charge in [0.1, 0.15) is 11.5 Å². The lowest BCUT2D eigenvalue weighted by atomic mass is 10.2. The average Bonchev–Trinajstić information content (AvgIpc) is 2.50. The molecule has 0 N–H and O–H groups in total. The molecule has 20 heavy (non-hydrogen) atoms. The molecule has 1 aromatic heterocycles. The first-order chi connectivity index (χ1) is 9.70. The van der Waals surface area contributed by atoms with E-state index >= 15 is 0 Å². The third-order valence-electron chi connectivity index (χ3n) is 2.30. The van der Waals surface area contributed by atoms with E-state index in [1.54, 1.807) is 6.20 Å². The van der Waals surface area contributed by atoms with Gasteiger partial charge in [-0.3, -0.25) is 4.98 Å². The minimum absolute atomic E-state index is 0.568. The number of hydrogen-bond acceptors (Lipinski definition) is 3. The van der Waals surface area contributed by atoms with Crippen LogP contribution >= 0.6 is 0 Å². The quantitative estimate of drug-likeness (QED) is 0.739. The van der Waals surface area contributed by atoms with Crippen LogP contribution in [0.25, 0.3) is 16.8 Å². The average molecular weight is 274 g/mol. The van der Waals surface area contributed by atoms with Crippen molar-refractivity contribution in [2.75, 3.05) is 6.61 Å². The fourth-order valence-corrected chi connectivity index (χ4v) is 1.50. The molecule has 0 saturated heterocycles. The lowest BCUT2D eigenvalue weighted by Crippen LogP contribution is -1.95. The summed E-state index contributed by atoms with van der Waals surface area (Å²) in [6.45, 7) is 16.4. The van der Waals surface area contributed by atoms with Crippen LogP contribution in [0.4, 0.5) is 0 Å². The Bertz CT molecular complexity index is 536. The lowest BCUT2D eigenvalue weighted by molar-refractivity contribution is 0.298. The van der Waals surface area contributed by atoms with Crippen molar-refractivity contribution in [2.24, 2.45) is 0 Å². The standard InChI is InChI=1S/C13H14N2O.2C2H6/c1-4-16-10(3)13-8-14-11-6-5-9(2)7-12(11)15-13;2*1-2/h5-8H,3-4H2,1-2H3;2*1-2H3. The summed E-state index contributed by atoms with van der Waals surface area (Å²) in [5.74, 6) is 0.568. The van der Waals surface area contributed by atoms with E-state index in [4.69, 9.17) is 4.74 Å². The maximum Gasteiger partial charge on any atom is 0.139 e. The van der Waals surface area contributed by atoms with Crippen molar-refractivity contribution in [3.63, 3.8) is 0 Å². The Morgan fingerprint density at radius 3 is 2.40 bits per heavy atom. The van der Waals surface area contributed by atoms with Gasteiger partial charge in [0.25, 0.3) is 0 Å². The fourth-order valence-electron chi connectivity index (χ4n) is 1.50. The van der Waals surface area contributed by atoms with Crippen molar-refractivity contribution in [1.82, 2.24) is 9.97 Å². The Morgan fingerprint density at radius 1 is 1.15 bits per heavy atom. The number of fused-ring (bicyclic) bond motifs is 1. The molecule has 0 radical (unpaired) electrons. The zero-order valence-electron chi connectivity index (χ0n) is 13.5. The maximum atomic E-state index is 5.31. The molecule has 0 atom stereocenters. The molecule has 0 saturated carbocycles. The summed E-state index contributed by atoms with van der Waals surface area (Å²) in [6.07, 6.45) is 1.69. The van der Waals surface area contributed by atoms with Crippen LogP contribution in [0.15, 0.2) is 31.0 Å². The van der Waals surface area contributed by atoms with Crippen LogP contribution in [0.3, 0.4) is 0 Å². The van der Waals surface area contributed by atoms with Gasteiger partial charge in [0.05, 0.1) is 23.8 Å². The van der Waals surface area contributed by atoms with Gasteiger partial charge in [-0.2, -0.15) is 0 Å². The predicted molar refractivity (Wildman–Crippen MR) is 87.6 cm³/mol. The molecule has 3 nitrogen and oxygen atoms in total. The van der Waals surface area contributed by atoms with Gasteiger partial charge in [-0.15, -0.1) is 0 Å². The molecule has 110 valence electrons. The summed E-state index contributed by atoms with van der Waals surface area (Å²) >= 11 is 0. The summed E-state index contributed by atoms with van der Waals surface area (Å²) in [5, 5.41) is 0. The molecular formula is C17H26N2O. The van der Waals surface area contributed by atoms with E-state index in [2.05, 4.69) is 16.5 Å². The highest BCUT2D eigenvalue weighted by atomic mass is 16.5. The Labute approximate surface area is 122 Å². The topological polar surface area (TPSA) is 35.0 Å². The molecule has 2 aromatic rings. The number of benzene rings is 1. The monoisotopic (exact) mass is 274 g/mol. The van der Waals surface area contributed by atoms with Gasteiger partial charge >= 0.3 is 0 Å². The molecule has 0 fully saturated rings. The van der Waals surface area contributed by atoms with Gasteiger partial charge in [0.15, 0.2) is 0 Å². The van der Waals surface area contributed by atoms with Crippen LogP contribution in [0.5, 0.6) is 0 Å². The molecule has 0 aliphatic carbocycles. The third kappa shape index (κ3) is 5.00. The Kier molecular flexibility index (Phi) is 9.01. The number of aromatic nitrogens is 2. The first-order valence-electron chi connectivity index (χ1n) is 7.26. The van der Waals surface area contributed by atoms with Gasteiger partial charge in [-0.1, -0.05) is 40.3 Å². The summed E-state index contributed by atoms with van der Waals surface area (Å²) in [6, 6.07) is 5.99. The normalized spacial score (nSPS) is 8.90. The van der Waals surface area contributed by atoms with E-state index in [1.807, 2.05) is 59.7 Å². The molecule has 0 unspecified atom stereocenters. The molecule has 3 heteroatoms. The van der Waals surface area contributed by atoms with Gasteiger partial charge in [-0.25, -0.2) is 4.98 Å². The number of nitrogens with zero attached hydrogens (tertiary/aromatic N) is 2. The largest absolute Gasteiger partial charge is 0.492 e. The van der Waals surface area contributed by atoms with Crippen molar-refractivity contribution in [3.05, 3.63) is 42.2 Å². The highest BCUT2D eigenvalue weighted by Gasteiger charge is 2.04. The summed E-state index contributed by atoms with van der Waals surface area (Å²) in [5.41, 5.74) is 3.62. The molecule has 2 rings (SSSR count). The van der Waals surface area contributed by atoms with E-state index in [1.165, 1.54) is 5.56 Å². The summed E-state index contributed by atoms with van der Waals surface area (Å²) in [4.78, 5) is 8.79. The van der Waals surface area contributed by atoms with Crippen LogP contribution in [0, 0.1) is 6.92 Å². The molecular weight excluding hydrogens is 248 g/mol. The second kappa shape index (κ2) is 9.96. The number of aryl methyl sites for hydroxylation is 1.